The molecule has 78 valence electrons. The summed E-state index contributed by atoms with van der Waals surface area (Å²) in [5.41, 5.74) is 2.14. The van der Waals surface area contributed by atoms with Gasteiger partial charge in [0.25, 0.3) is 5.91 Å². The Morgan fingerprint density at radius 2 is 2.21 bits per heavy atom. The molecule has 0 saturated carbocycles. The second-order valence-corrected chi connectivity index (χ2v) is 3.15. The minimum absolute atomic E-state index is 0.0515. The van der Waals surface area contributed by atoms with Gasteiger partial charge in [-0.25, -0.2) is 0 Å². The third-order valence-electron chi connectivity index (χ3n) is 2.13. The Balaban J connectivity index is 2.89. The van der Waals surface area contributed by atoms with Crippen LogP contribution >= 0.6 is 0 Å². The van der Waals surface area contributed by atoms with Gasteiger partial charge in [0.1, 0.15) is 0 Å². The van der Waals surface area contributed by atoms with Crippen LogP contribution in [-0.2, 0) is 7.05 Å². The van der Waals surface area contributed by atoms with Gasteiger partial charge in [-0.2, -0.15) is 5.10 Å². The van der Waals surface area contributed by atoms with Crippen molar-refractivity contribution in [3.63, 3.8) is 0 Å². The van der Waals surface area contributed by atoms with Crippen molar-refractivity contribution in [2.45, 2.75) is 13.8 Å². The van der Waals surface area contributed by atoms with E-state index in [0.717, 1.165) is 5.69 Å². The lowest BCUT2D eigenvalue weighted by molar-refractivity contribution is 0.0943. The lowest BCUT2D eigenvalue weighted by Crippen LogP contribution is -2.27. The largest absolute Gasteiger partial charge is 0.395 e. The lowest BCUT2D eigenvalue weighted by Gasteiger charge is -2.02. The molecule has 1 aromatic rings. The molecular weight excluding hydrogens is 182 g/mol. The molecule has 0 aliphatic carbocycles. The summed E-state index contributed by atoms with van der Waals surface area (Å²) in [6, 6.07) is 0. The average molecular weight is 197 g/mol. The van der Waals surface area contributed by atoms with Crippen LogP contribution in [-0.4, -0.2) is 33.9 Å². The van der Waals surface area contributed by atoms with Gasteiger partial charge >= 0.3 is 0 Å². The van der Waals surface area contributed by atoms with Crippen LogP contribution in [0, 0.1) is 13.8 Å². The van der Waals surface area contributed by atoms with Gasteiger partial charge in [0.2, 0.25) is 0 Å². The number of aliphatic hydroxyl groups excluding tert-OH is 1. The Morgan fingerprint density at radius 1 is 1.57 bits per heavy atom. The van der Waals surface area contributed by atoms with Crippen LogP contribution in [0.4, 0.5) is 0 Å². The molecule has 0 atom stereocenters. The van der Waals surface area contributed by atoms with Crippen molar-refractivity contribution in [3.8, 4) is 0 Å². The molecule has 0 bridgehead atoms. The number of aryl methyl sites for hydroxylation is 2. The molecule has 0 radical (unpaired) electrons. The third kappa shape index (κ3) is 1.93. The van der Waals surface area contributed by atoms with Crippen LogP contribution < -0.4 is 5.32 Å². The second-order valence-electron chi connectivity index (χ2n) is 3.15. The maximum atomic E-state index is 11.6. The van der Waals surface area contributed by atoms with E-state index in [2.05, 4.69) is 10.4 Å². The molecule has 0 aliphatic heterocycles. The van der Waals surface area contributed by atoms with E-state index < -0.39 is 0 Å². The highest BCUT2D eigenvalue weighted by molar-refractivity contribution is 5.96. The first-order chi connectivity index (χ1) is 6.57. The molecule has 1 heterocycles. The quantitative estimate of drug-likeness (QED) is 0.702. The van der Waals surface area contributed by atoms with Crippen LogP contribution in [0.25, 0.3) is 0 Å². The summed E-state index contributed by atoms with van der Waals surface area (Å²) in [5, 5.41) is 15.3. The maximum absolute atomic E-state index is 11.6. The van der Waals surface area contributed by atoms with Gasteiger partial charge in [0.05, 0.1) is 17.9 Å². The molecule has 1 aromatic heterocycles. The van der Waals surface area contributed by atoms with Crippen molar-refractivity contribution in [2.75, 3.05) is 13.2 Å². The molecule has 1 amide bonds. The second kappa shape index (κ2) is 4.23. The number of carbonyl (C=O) groups is 1. The molecule has 0 saturated heterocycles. The highest BCUT2D eigenvalue weighted by Crippen LogP contribution is 2.10. The van der Waals surface area contributed by atoms with Crippen molar-refractivity contribution in [2.24, 2.45) is 7.05 Å². The number of hydrogen-bond donors (Lipinski definition) is 2. The third-order valence-corrected chi connectivity index (χ3v) is 2.13. The van der Waals surface area contributed by atoms with Gasteiger partial charge < -0.3 is 10.4 Å². The highest BCUT2D eigenvalue weighted by Gasteiger charge is 2.16. The molecule has 14 heavy (non-hydrogen) atoms. The average Bonchev–Trinajstić information content (AvgIpc) is 2.38. The van der Waals surface area contributed by atoms with Gasteiger partial charge in [-0.05, 0) is 13.8 Å². The van der Waals surface area contributed by atoms with Crippen molar-refractivity contribution >= 4 is 5.91 Å². The first-order valence-corrected chi connectivity index (χ1v) is 4.47. The highest BCUT2D eigenvalue weighted by atomic mass is 16.3. The zero-order chi connectivity index (χ0) is 10.7. The zero-order valence-electron chi connectivity index (χ0n) is 8.66. The number of rotatable bonds is 3. The predicted molar refractivity (Wildman–Crippen MR) is 52.1 cm³/mol. The SMILES string of the molecule is Cc1nn(C)c(C)c1C(=O)NCCO. The standard InChI is InChI=1S/C9H15N3O2/c1-6-8(7(2)12(3)11-6)9(14)10-4-5-13/h13H,4-5H2,1-3H3,(H,10,14). The van der Waals surface area contributed by atoms with Gasteiger partial charge in [-0.15, -0.1) is 0 Å². The fourth-order valence-electron chi connectivity index (χ4n) is 1.36. The van der Waals surface area contributed by atoms with E-state index >= 15 is 0 Å². The summed E-state index contributed by atoms with van der Waals surface area (Å²) in [4.78, 5) is 11.6. The van der Waals surface area contributed by atoms with E-state index in [4.69, 9.17) is 5.11 Å². The van der Waals surface area contributed by atoms with Crippen LogP contribution in [0.1, 0.15) is 21.7 Å². The van der Waals surface area contributed by atoms with Crippen LogP contribution in [0.15, 0.2) is 0 Å². The lowest BCUT2D eigenvalue weighted by atomic mass is 10.2. The van der Waals surface area contributed by atoms with Gasteiger partial charge in [-0.1, -0.05) is 0 Å². The Kier molecular flexibility index (Phi) is 3.24. The Labute approximate surface area is 82.7 Å². The number of carbonyl (C=O) groups excluding carboxylic acids is 1. The number of nitrogens with one attached hydrogen (secondary N) is 1. The van der Waals surface area contributed by atoms with E-state index in [1.165, 1.54) is 0 Å². The molecule has 0 aliphatic rings. The minimum Gasteiger partial charge on any atom is -0.395 e. The topological polar surface area (TPSA) is 67.2 Å². The molecule has 5 heteroatoms. The van der Waals surface area contributed by atoms with Crippen molar-refractivity contribution in [3.05, 3.63) is 17.0 Å². The summed E-state index contributed by atoms with van der Waals surface area (Å²) in [6.07, 6.45) is 0. The Morgan fingerprint density at radius 3 is 2.64 bits per heavy atom. The van der Waals surface area contributed by atoms with Crippen LogP contribution in [0.2, 0.25) is 0 Å². The van der Waals surface area contributed by atoms with E-state index in [0.29, 0.717) is 11.3 Å². The normalized spacial score (nSPS) is 10.3. The van der Waals surface area contributed by atoms with Crippen LogP contribution in [0.3, 0.4) is 0 Å². The molecule has 0 spiro atoms. The Bertz CT molecular complexity index is 344. The summed E-state index contributed by atoms with van der Waals surface area (Å²) in [5.74, 6) is -0.179. The number of hydrogen-bond acceptors (Lipinski definition) is 3. The molecule has 0 unspecified atom stereocenters. The smallest absolute Gasteiger partial charge is 0.255 e. The fraction of sp³-hybridized carbons (Fsp3) is 0.556. The molecule has 0 aromatic carbocycles. The first kappa shape index (κ1) is 10.7. The predicted octanol–water partition coefficient (Wildman–Crippen LogP) is -0.241. The van der Waals surface area contributed by atoms with Crippen molar-refractivity contribution in [1.82, 2.24) is 15.1 Å². The fourth-order valence-corrected chi connectivity index (χ4v) is 1.36. The molecule has 2 N–H and O–H groups in total. The van der Waals surface area contributed by atoms with Crippen LogP contribution in [0.5, 0.6) is 0 Å². The zero-order valence-corrected chi connectivity index (χ0v) is 8.66. The van der Waals surface area contributed by atoms with Crippen molar-refractivity contribution in [1.29, 1.82) is 0 Å². The van der Waals surface area contributed by atoms with E-state index in [9.17, 15) is 4.79 Å². The monoisotopic (exact) mass is 197 g/mol. The number of aliphatic hydroxyl groups is 1. The molecular formula is C9H15N3O2. The van der Waals surface area contributed by atoms with Gasteiger partial charge in [0.15, 0.2) is 0 Å². The van der Waals surface area contributed by atoms with Gasteiger partial charge in [-0.3, -0.25) is 9.48 Å². The number of nitrogens with zero attached hydrogens (tertiary/aromatic N) is 2. The van der Waals surface area contributed by atoms with E-state index in [1.54, 1.807) is 18.7 Å². The summed E-state index contributed by atoms with van der Waals surface area (Å²) >= 11 is 0. The Hall–Kier alpha value is -1.36. The summed E-state index contributed by atoms with van der Waals surface area (Å²) in [6.45, 7) is 3.85. The van der Waals surface area contributed by atoms with Crippen molar-refractivity contribution < 1.29 is 9.90 Å². The maximum Gasteiger partial charge on any atom is 0.255 e. The number of aromatic nitrogens is 2. The molecule has 5 nitrogen and oxygen atoms in total. The van der Waals surface area contributed by atoms with Gasteiger partial charge in [0, 0.05) is 19.3 Å². The summed E-state index contributed by atoms with van der Waals surface area (Å²) in [7, 11) is 1.80. The molecule has 0 fully saturated rings. The van der Waals surface area contributed by atoms with E-state index in [-0.39, 0.29) is 19.1 Å². The van der Waals surface area contributed by atoms with E-state index in [1.807, 2.05) is 6.92 Å². The molecule has 1 rings (SSSR count). The minimum atomic E-state index is -0.179. The summed E-state index contributed by atoms with van der Waals surface area (Å²) < 4.78 is 1.67. The first-order valence-electron chi connectivity index (χ1n) is 4.47. The number of amides is 1.